The predicted octanol–water partition coefficient (Wildman–Crippen LogP) is 2.79. The van der Waals surface area contributed by atoms with Gasteiger partial charge in [-0.3, -0.25) is 34.8 Å². The Hall–Kier alpha value is -3.57. The van der Waals surface area contributed by atoms with Crippen molar-refractivity contribution in [3.63, 3.8) is 0 Å². The maximum absolute atomic E-state index is 13.3. The van der Waals surface area contributed by atoms with Crippen LogP contribution in [-0.4, -0.2) is 89.9 Å². The van der Waals surface area contributed by atoms with Gasteiger partial charge in [0.1, 0.15) is 0 Å². The molecule has 192 valence electrons. The summed E-state index contributed by atoms with van der Waals surface area (Å²) in [7, 11) is 0. The third-order valence-corrected chi connectivity index (χ3v) is 7.40. The van der Waals surface area contributed by atoms with Gasteiger partial charge in [-0.05, 0) is 38.1 Å². The zero-order valence-corrected chi connectivity index (χ0v) is 20.7. The zero-order chi connectivity index (χ0) is 25.8. The molecule has 0 aromatic heterocycles. The van der Waals surface area contributed by atoms with E-state index in [-0.39, 0.29) is 29.2 Å². The van der Waals surface area contributed by atoms with Gasteiger partial charge in [0.25, 0.3) is 11.4 Å². The topological polar surface area (TPSA) is 116 Å². The third-order valence-electron chi connectivity index (χ3n) is 7.40. The van der Waals surface area contributed by atoms with E-state index in [4.69, 9.17) is 0 Å². The van der Waals surface area contributed by atoms with Crippen LogP contribution >= 0.6 is 0 Å². The number of hydrogen-bond donors (Lipinski definition) is 0. The molecule has 2 unspecified atom stereocenters. The summed E-state index contributed by atoms with van der Waals surface area (Å²) in [6, 6.07) is 12.8. The maximum Gasteiger partial charge on any atom is 0.269 e. The van der Waals surface area contributed by atoms with Gasteiger partial charge < -0.3 is 9.80 Å². The van der Waals surface area contributed by atoms with Gasteiger partial charge in [-0.1, -0.05) is 0 Å². The highest BCUT2D eigenvalue weighted by molar-refractivity contribution is 5.88. The second-order valence-electron chi connectivity index (χ2n) is 9.35. The van der Waals surface area contributed by atoms with Crippen molar-refractivity contribution in [2.75, 3.05) is 62.2 Å². The molecule has 2 fully saturated rings. The first-order valence-corrected chi connectivity index (χ1v) is 12.2. The van der Waals surface area contributed by atoms with Gasteiger partial charge in [0, 0.05) is 88.0 Å². The number of benzene rings is 2. The van der Waals surface area contributed by atoms with Crippen LogP contribution in [-0.2, 0) is 4.79 Å². The van der Waals surface area contributed by atoms with Crippen molar-refractivity contribution in [2.45, 2.75) is 25.9 Å². The average Bonchev–Trinajstić information content (AvgIpc) is 2.92. The Morgan fingerprint density at radius 2 is 0.944 bits per heavy atom. The van der Waals surface area contributed by atoms with Crippen LogP contribution in [0.4, 0.5) is 22.7 Å². The lowest BCUT2D eigenvalue weighted by molar-refractivity contribution is -0.385. The molecule has 0 spiro atoms. The van der Waals surface area contributed by atoms with Gasteiger partial charge in [0.2, 0.25) is 0 Å². The van der Waals surface area contributed by atoms with E-state index in [0.29, 0.717) is 0 Å². The highest BCUT2D eigenvalue weighted by Gasteiger charge is 2.32. The Morgan fingerprint density at radius 3 is 1.22 bits per heavy atom. The number of carbonyl (C=O) groups excluding carboxylic acids is 1. The van der Waals surface area contributed by atoms with Crippen molar-refractivity contribution in [1.29, 1.82) is 0 Å². The SMILES string of the molecule is CC(C(=O)C(C)N1CCN(c2ccc([N+](=O)[O-])cc2)CC1)N1CCN(c2ccc([N+](=O)[O-])cc2)CC1. The fraction of sp³-hybridized carbons (Fsp3) is 0.480. The molecule has 11 nitrogen and oxygen atoms in total. The maximum atomic E-state index is 13.3. The van der Waals surface area contributed by atoms with E-state index in [1.807, 2.05) is 13.8 Å². The van der Waals surface area contributed by atoms with Crippen LogP contribution in [0, 0.1) is 20.2 Å². The van der Waals surface area contributed by atoms with E-state index in [1.165, 1.54) is 24.3 Å². The molecule has 2 aliphatic rings. The summed E-state index contributed by atoms with van der Waals surface area (Å²) < 4.78 is 0. The van der Waals surface area contributed by atoms with E-state index in [1.54, 1.807) is 24.3 Å². The molecular weight excluding hydrogens is 464 g/mol. The molecule has 11 heteroatoms. The number of nitro groups is 2. The molecular formula is C25H32N6O5. The molecule has 2 saturated heterocycles. The smallest absolute Gasteiger partial charge is 0.269 e. The van der Waals surface area contributed by atoms with E-state index >= 15 is 0 Å². The van der Waals surface area contributed by atoms with Crippen molar-refractivity contribution in [2.24, 2.45) is 0 Å². The van der Waals surface area contributed by atoms with E-state index in [2.05, 4.69) is 19.6 Å². The monoisotopic (exact) mass is 496 g/mol. The van der Waals surface area contributed by atoms with Gasteiger partial charge in [-0.15, -0.1) is 0 Å². The second-order valence-corrected chi connectivity index (χ2v) is 9.35. The van der Waals surface area contributed by atoms with Crippen LogP contribution in [0.3, 0.4) is 0 Å². The fourth-order valence-electron chi connectivity index (χ4n) is 5.01. The van der Waals surface area contributed by atoms with Crippen molar-refractivity contribution in [1.82, 2.24) is 9.80 Å². The lowest BCUT2D eigenvalue weighted by atomic mass is 10.0. The molecule has 0 aliphatic carbocycles. The van der Waals surface area contributed by atoms with Crippen molar-refractivity contribution >= 4 is 28.5 Å². The number of rotatable bonds is 8. The summed E-state index contributed by atoms with van der Waals surface area (Å²) in [5.74, 6) is 0.211. The molecule has 0 radical (unpaired) electrons. The van der Waals surface area contributed by atoms with Crippen LogP contribution in [0.5, 0.6) is 0 Å². The molecule has 2 aromatic carbocycles. The minimum atomic E-state index is -0.397. The van der Waals surface area contributed by atoms with E-state index < -0.39 is 9.85 Å². The molecule has 2 atom stereocenters. The Balaban J connectivity index is 1.26. The second kappa shape index (κ2) is 11.0. The first-order chi connectivity index (χ1) is 17.2. The quantitative estimate of drug-likeness (QED) is 0.402. The minimum Gasteiger partial charge on any atom is -0.369 e. The number of anilines is 2. The van der Waals surface area contributed by atoms with Crippen LogP contribution < -0.4 is 9.80 Å². The van der Waals surface area contributed by atoms with Crippen LogP contribution in [0.15, 0.2) is 48.5 Å². The predicted molar refractivity (Wildman–Crippen MR) is 138 cm³/mol. The lowest BCUT2D eigenvalue weighted by Gasteiger charge is -2.42. The molecule has 0 saturated carbocycles. The molecule has 2 aliphatic heterocycles. The standard InChI is InChI=1S/C25H32N6O5/c1-19(26-11-15-28(16-12-26)21-3-7-23(8-4-21)30(33)34)25(32)20(2)27-13-17-29(18-14-27)22-5-9-24(10-6-22)31(35)36/h3-10,19-20H,11-18H2,1-2H3. The molecule has 4 rings (SSSR count). The molecule has 2 heterocycles. The first kappa shape index (κ1) is 25.5. The number of ketones is 1. The lowest BCUT2D eigenvalue weighted by Crippen LogP contribution is -2.57. The first-order valence-electron chi connectivity index (χ1n) is 12.2. The van der Waals surface area contributed by atoms with Crippen molar-refractivity contribution in [3.05, 3.63) is 68.8 Å². The van der Waals surface area contributed by atoms with Gasteiger partial charge >= 0.3 is 0 Å². The van der Waals surface area contributed by atoms with Gasteiger partial charge in [-0.25, -0.2) is 0 Å². The molecule has 36 heavy (non-hydrogen) atoms. The number of piperazine rings is 2. The number of hydrogen-bond acceptors (Lipinski definition) is 9. The number of carbonyl (C=O) groups is 1. The normalized spacial score (nSPS) is 19.1. The highest BCUT2D eigenvalue weighted by atomic mass is 16.6. The molecule has 0 bridgehead atoms. The van der Waals surface area contributed by atoms with Gasteiger partial charge in [0.05, 0.1) is 21.9 Å². The van der Waals surface area contributed by atoms with Crippen LogP contribution in [0.25, 0.3) is 0 Å². The van der Waals surface area contributed by atoms with Crippen LogP contribution in [0.2, 0.25) is 0 Å². The Kier molecular flexibility index (Phi) is 7.80. The highest BCUT2D eigenvalue weighted by Crippen LogP contribution is 2.23. The van der Waals surface area contributed by atoms with E-state index in [0.717, 1.165) is 63.7 Å². The number of nitrogens with zero attached hydrogens (tertiary/aromatic N) is 6. The molecule has 0 N–H and O–H groups in total. The van der Waals surface area contributed by atoms with Gasteiger partial charge in [0.15, 0.2) is 5.78 Å². The summed E-state index contributed by atoms with van der Waals surface area (Å²) in [4.78, 5) is 43.1. The minimum absolute atomic E-state index is 0.0826. The average molecular weight is 497 g/mol. The number of non-ortho nitro benzene ring substituents is 2. The largest absolute Gasteiger partial charge is 0.369 e. The van der Waals surface area contributed by atoms with Gasteiger partial charge in [-0.2, -0.15) is 0 Å². The van der Waals surface area contributed by atoms with Crippen molar-refractivity contribution in [3.8, 4) is 0 Å². The third kappa shape index (κ3) is 5.63. The summed E-state index contributed by atoms with van der Waals surface area (Å²) in [5.41, 5.74) is 2.08. The molecule has 2 aromatic rings. The number of nitro benzene ring substituents is 2. The molecule has 0 amide bonds. The zero-order valence-electron chi connectivity index (χ0n) is 20.7. The van der Waals surface area contributed by atoms with E-state index in [9.17, 15) is 25.0 Å². The van der Waals surface area contributed by atoms with Crippen LogP contribution in [0.1, 0.15) is 13.8 Å². The Bertz CT molecular complexity index is 992. The summed E-state index contributed by atoms with van der Waals surface area (Å²) >= 11 is 0. The Labute approximate surface area is 210 Å². The Morgan fingerprint density at radius 1 is 0.639 bits per heavy atom. The number of Topliss-reactive ketones (excluding diaryl/α,β-unsaturated/α-hetero) is 1. The fourth-order valence-corrected chi connectivity index (χ4v) is 5.01. The summed E-state index contributed by atoms with van der Waals surface area (Å²) in [6.45, 7) is 10.0. The summed E-state index contributed by atoms with van der Waals surface area (Å²) in [5, 5.41) is 21.8. The van der Waals surface area contributed by atoms with Crippen molar-refractivity contribution < 1.29 is 14.6 Å². The summed E-state index contributed by atoms with van der Waals surface area (Å²) in [6.07, 6.45) is 0.